The van der Waals surface area contributed by atoms with Crippen LogP contribution in [-0.4, -0.2) is 63.1 Å². The third-order valence-electron chi connectivity index (χ3n) is 8.48. The number of ether oxygens (including phenoxy) is 1. The average molecular weight is 618 g/mol. The molecule has 0 radical (unpaired) electrons. The average Bonchev–Trinajstić information content (AvgIpc) is 3.89. The number of aromatic amines is 2. The number of benzene rings is 2. The lowest BCUT2D eigenvalue weighted by molar-refractivity contribution is -0.135. The van der Waals surface area contributed by atoms with Crippen molar-refractivity contribution in [1.29, 1.82) is 0 Å². The van der Waals surface area contributed by atoms with E-state index in [1.807, 2.05) is 69.4 Å². The highest BCUT2D eigenvalue weighted by Gasteiger charge is 2.36. The summed E-state index contributed by atoms with van der Waals surface area (Å²) in [4.78, 5) is 43.2. The summed E-state index contributed by atoms with van der Waals surface area (Å²) in [6.45, 7) is 7.28. The molecule has 2 aliphatic heterocycles. The maximum absolute atomic E-state index is 13.5. The monoisotopic (exact) mass is 617 g/mol. The number of carbonyl (C=O) groups is 2. The summed E-state index contributed by atoms with van der Waals surface area (Å²) in [5.74, 6) is 7.88. The van der Waals surface area contributed by atoms with E-state index in [0.717, 1.165) is 58.0 Å². The summed E-state index contributed by atoms with van der Waals surface area (Å²) in [6.07, 6.45) is 7.37. The van der Waals surface area contributed by atoms with Crippen LogP contribution >= 0.6 is 0 Å². The summed E-state index contributed by atoms with van der Waals surface area (Å²) < 4.78 is 4.74. The smallest absolute Gasteiger partial charge is 0.407 e. The van der Waals surface area contributed by atoms with E-state index in [4.69, 9.17) is 4.74 Å². The van der Waals surface area contributed by atoms with E-state index in [2.05, 4.69) is 54.5 Å². The molecule has 6 rings (SSSR count). The Hall–Kier alpha value is -5.14. The molecule has 4 N–H and O–H groups in total. The van der Waals surface area contributed by atoms with Gasteiger partial charge in [-0.25, -0.2) is 14.8 Å². The number of amides is 2. The molecule has 0 bridgehead atoms. The Morgan fingerprint density at radius 3 is 2.07 bits per heavy atom. The first kappa shape index (κ1) is 30.9. The lowest BCUT2D eigenvalue weighted by Crippen LogP contribution is -2.51. The van der Waals surface area contributed by atoms with Crippen molar-refractivity contribution < 1.29 is 14.3 Å². The molecule has 0 unspecified atom stereocenters. The molecule has 10 heteroatoms. The zero-order valence-electron chi connectivity index (χ0n) is 26.6. The molecule has 1 saturated heterocycles. The number of imidazole rings is 2. The number of aromatic nitrogens is 4. The van der Waals surface area contributed by atoms with Crippen LogP contribution in [0.15, 0.2) is 72.6 Å². The Morgan fingerprint density at radius 1 is 0.935 bits per heavy atom. The summed E-state index contributed by atoms with van der Waals surface area (Å²) >= 11 is 0. The fourth-order valence-corrected chi connectivity index (χ4v) is 5.92. The molecule has 2 aromatic carbocycles. The summed E-state index contributed by atoms with van der Waals surface area (Å²) in [7, 11) is 1.29. The molecule has 0 spiro atoms. The second kappa shape index (κ2) is 13.5. The second-order valence-corrected chi connectivity index (χ2v) is 12.2. The first-order valence-corrected chi connectivity index (χ1v) is 15.7. The van der Waals surface area contributed by atoms with Crippen LogP contribution in [0, 0.1) is 17.8 Å². The molecular formula is C36H39N7O3. The van der Waals surface area contributed by atoms with Crippen LogP contribution in [0.5, 0.6) is 0 Å². The molecule has 3 atom stereocenters. The van der Waals surface area contributed by atoms with Gasteiger partial charge in [-0.15, -0.1) is 0 Å². The van der Waals surface area contributed by atoms with Crippen molar-refractivity contribution in [3.63, 3.8) is 0 Å². The highest BCUT2D eigenvalue weighted by molar-refractivity contribution is 5.87. The Bertz CT molecular complexity index is 1780. The number of alkyl carbamates (subject to hydrolysis) is 1. The third kappa shape index (κ3) is 6.75. The van der Waals surface area contributed by atoms with Gasteiger partial charge in [0.25, 0.3) is 0 Å². The largest absolute Gasteiger partial charge is 0.453 e. The number of carbonyl (C=O) groups excluding carboxylic acids is 2. The molecule has 4 heterocycles. The normalized spacial score (nSPS) is 18.2. The fraction of sp³-hybridized carbons (Fsp3) is 0.333. The maximum Gasteiger partial charge on any atom is 0.407 e. The van der Waals surface area contributed by atoms with E-state index in [9.17, 15) is 9.59 Å². The molecule has 0 saturated carbocycles. The molecule has 46 heavy (non-hydrogen) atoms. The van der Waals surface area contributed by atoms with Crippen LogP contribution in [0.1, 0.15) is 68.5 Å². The van der Waals surface area contributed by atoms with Gasteiger partial charge in [0, 0.05) is 17.7 Å². The van der Waals surface area contributed by atoms with E-state index >= 15 is 0 Å². The minimum Gasteiger partial charge on any atom is -0.453 e. The van der Waals surface area contributed by atoms with E-state index < -0.39 is 12.1 Å². The van der Waals surface area contributed by atoms with Crippen LogP contribution < -0.4 is 10.6 Å². The number of nitrogens with zero attached hydrogens (tertiary/aromatic N) is 3. The number of hydrogen-bond donors (Lipinski definition) is 4. The maximum atomic E-state index is 13.5. The molecule has 2 aromatic heterocycles. The van der Waals surface area contributed by atoms with Crippen LogP contribution in [0.3, 0.4) is 0 Å². The standard InChI is InChI=1S/C36H39N7O3/c1-22(2)32(42-36(45)46-4)35(44)43-21-23(3)18-31(43)34-39-20-30(41-34)27-15-11-25(12-16-27)8-7-24-9-13-26(14-10-24)29-19-38-33(40-29)28-6-5-17-37-28/h9-16,18-20,22,28,31-32,37H,5-6,17,21H2,1-4H3,(H,38,40)(H,39,41)(H,42,45)/t28-,31-,32-/m0/s1. The summed E-state index contributed by atoms with van der Waals surface area (Å²) in [5, 5.41) is 6.16. The van der Waals surface area contributed by atoms with Gasteiger partial charge in [-0.05, 0) is 67.6 Å². The lowest BCUT2D eigenvalue weighted by Gasteiger charge is -2.30. The predicted octanol–water partition coefficient (Wildman–Crippen LogP) is 5.50. The molecule has 10 nitrogen and oxygen atoms in total. The highest BCUT2D eigenvalue weighted by Crippen LogP contribution is 2.31. The number of H-pyrrole nitrogens is 2. The van der Waals surface area contributed by atoms with Crippen molar-refractivity contribution >= 4 is 12.0 Å². The van der Waals surface area contributed by atoms with Gasteiger partial charge in [0.2, 0.25) is 5.91 Å². The molecular weight excluding hydrogens is 578 g/mol. The van der Waals surface area contributed by atoms with Gasteiger partial charge in [-0.1, -0.05) is 61.6 Å². The minimum atomic E-state index is -0.709. The van der Waals surface area contributed by atoms with Crippen LogP contribution in [-0.2, 0) is 9.53 Å². The summed E-state index contributed by atoms with van der Waals surface area (Å²) in [6, 6.07) is 15.4. The van der Waals surface area contributed by atoms with Gasteiger partial charge in [0.05, 0.1) is 36.9 Å². The van der Waals surface area contributed by atoms with Crippen LogP contribution in [0.4, 0.5) is 4.79 Å². The topological polar surface area (TPSA) is 128 Å². The van der Waals surface area contributed by atoms with E-state index in [0.29, 0.717) is 18.4 Å². The molecule has 2 aliphatic rings. The van der Waals surface area contributed by atoms with Gasteiger partial charge >= 0.3 is 6.09 Å². The molecule has 4 aromatic rings. The molecule has 1 fully saturated rings. The molecule has 2 amide bonds. The Morgan fingerprint density at radius 2 is 1.52 bits per heavy atom. The van der Waals surface area contributed by atoms with Gasteiger partial charge < -0.3 is 30.2 Å². The van der Waals surface area contributed by atoms with Crippen molar-refractivity contribution in [2.24, 2.45) is 5.92 Å². The van der Waals surface area contributed by atoms with Gasteiger partial charge in [0.15, 0.2) is 0 Å². The number of methoxy groups -OCH3 is 1. The third-order valence-corrected chi connectivity index (χ3v) is 8.48. The molecule has 236 valence electrons. The second-order valence-electron chi connectivity index (χ2n) is 12.2. The Balaban J connectivity index is 1.11. The van der Waals surface area contributed by atoms with Crippen molar-refractivity contribution in [3.8, 4) is 34.4 Å². The number of nitrogens with one attached hydrogen (secondary N) is 4. The minimum absolute atomic E-state index is 0.115. The lowest BCUT2D eigenvalue weighted by atomic mass is 10.0. The van der Waals surface area contributed by atoms with Crippen molar-refractivity contribution in [2.75, 3.05) is 20.2 Å². The Kier molecular flexibility index (Phi) is 9.04. The van der Waals surface area contributed by atoms with Gasteiger partial charge in [-0.3, -0.25) is 4.79 Å². The first-order chi connectivity index (χ1) is 22.3. The molecule has 0 aliphatic carbocycles. The van der Waals surface area contributed by atoms with Gasteiger partial charge in [-0.2, -0.15) is 0 Å². The van der Waals surface area contributed by atoms with E-state index in [1.165, 1.54) is 13.5 Å². The quantitative estimate of drug-likeness (QED) is 0.160. The van der Waals surface area contributed by atoms with Crippen molar-refractivity contribution in [2.45, 2.75) is 51.7 Å². The van der Waals surface area contributed by atoms with Gasteiger partial charge in [0.1, 0.15) is 23.7 Å². The van der Waals surface area contributed by atoms with Crippen molar-refractivity contribution in [3.05, 3.63) is 95.3 Å². The zero-order valence-corrected chi connectivity index (χ0v) is 26.6. The number of rotatable bonds is 7. The Labute approximate surface area is 269 Å². The highest BCUT2D eigenvalue weighted by atomic mass is 16.5. The van der Waals surface area contributed by atoms with Crippen molar-refractivity contribution in [1.82, 2.24) is 35.5 Å². The van der Waals surface area contributed by atoms with Crippen LogP contribution in [0.25, 0.3) is 22.5 Å². The fourth-order valence-electron chi connectivity index (χ4n) is 5.92. The number of hydrogen-bond acceptors (Lipinski definition) is 6. The first-order valence-electron chi connectivity index (χ1n) is 15.7. The van der Waals surface area contributed by atoms with E-state index in [1.54, 1.807) is 11.1 Å². The summed E-state index contributed by atoms with van der Waals surface area (Å²) in [5.41, 5.74) is 6.79. The van der Waals surface area contributed by atoms with Crippen LogP contribution in [0.2, 0.25) is 0 Å². The van der Waals surface area contributed by atoms with E-state index in [-0.39, 0.29) is 17.9 Å². The SMILES string of the molecule is COC(=O)N[C@H](C(=O)N1CC(C)=C[C@H]1c1ncc(-c2ccc(C#Cc3ccc(-c4cnc([C@@H]5CCCN5)[nH]4)cc3)cc2)[nH]1)C(C)C. The predicted molar refractivity (Wildman–Crippen MR) is 176 cm³/mol. The zero-order chi connectivity index (χ0) is 32.2.